The van der Waals surface area contributed by atoms with Crippen LogP contribution in [0.25, 0.3) is 87.6 Å². The van der Waals surface area contributed by atoms with E-state index >= 15 is 8.78 Å². The first-order valence-electron chi connectivity index (χ1n) is 20.9. The molecule has 0 aliphatic rings. The molecule has 0 N–H and O–H groups in total. The zero-order valence-electron chi connectivity index (χ0n) is 34.0. The van der Waals surface area contributed by atoms with E-state index in [4.69, 9.17) is 0 Å². The molecular weight excluding hydrogens is 806 g/mol. The van der Waals surface area contributed by atoms with Gasteiger partial charge in [0.15, 0.2) is 23.3 Å². The average molecular weight is 840 g/mol. The van der Waals surface area contributed by atoms with Crippen molar-refractivity contribution < 1.29 is 22.0 Å². The normalized spacial score (nSPS) is 11.5. The Morgan fingerprint density at radius 2 is 0.641 bits per heavy atom. The quantitative estimate of drug-likeness (QED) is 0.0669. The lowest BCUT2D eigenvalue weighted by Crippen LogP contribution is -2.17. The molecule has 0 radical (unpaired) electrons. The minimum atomic E-state index is -2.21. The van der Waals surface area contributed by atoms with Crippen LogP contribution in [0.5, 0.6) is 0 Å². The van der Waals surface area contributed by atoms with Crippen LogP contribution in [-0.2, 0) is 0 Å². The molecule has 0 saturated carbocycles. The number of benzene rings is 11. The fourth-order valence-corrected chi connectivity index (χ4v) is 9.26. The Bertz CT molecular complexity index is 3560. The van der Waals surface area contributed by atoms with Crippen molar-refractivity contribution in [1.29, 1.82) is 0 Å². The maximum absolute atomic E-state index is 15.3. The van der Waals surface area contributed by atoms with E-state index in [1.807, 2.05) is 12.1 Å². The van der Waals surface area contributed by atoms with Gasteiger partial charge in [0.2, 0.25) is 5.82 Å². The van der Waals surface area contributed by atoms with Crippen molar-refractivity contribution in [1.82, 2.24) is 0 Å². The van der Waals surface area contributed by atoms with Crippen LogP contribution in [0, 0.1) is 29.1 Å². The topological polar surface area (TPSA) is 3.24 Å². The van der Waals surface area contributed by atoms with E-state index in [9.17, 15) is 13.2 Å². The van der Waals surface area contributed by atoms with Crippen LogP contribution < -0.4 is 4.90 Å². The third-order valence-electron chi connectivity index (χ3n) is 12.2. The third kappa shape index (κ3) is 6.37. The maximum atomic E-state index is 15.3. The molecule has 1 nitrogen and oxygen atoms in total. The third-order valence-corrected chi connectivity index (χ3v) is 12.2. The highest BCUT2D eigenvalue weighted by Crippen LogP contribution is 2.48. The van der Waals surface area contributed by atoms with E-state index in [1.54, 1.807) is 42.5 Å². The van der Waals surface area contributed by atoms with Crippen LogP contribution in [0.15, 0.2) is 206 Å². The van der Waals surface area contributed by atoms with E-state index in [1.165, 1.54) is 55.8 Å². The molecule has 306 valence electrons. The Hall–Kier alpha value is -8.09. The van der Waals surface area contributed by atoms with Gasteiger partial charge in [-0.05, 0) is 118 Å². The van der Waals surface area contributed by atoms with Gasteiger partial charge in [0, 0.05) is 11.4 Å². The van der Waals surface area contributed by atoms with Crippen molar-refractivity contribution in [2.45, 2.75) is 0 Å². The summed E-state index contributed by atoms with van der Waals surface area (Å²) in [5.41, 5.74) is 7.77. The highest BCUT2D eigenvalue weighted by molar-refractivity contribution is 6.25. The molecule has 11 aromatic carbocycles. The molecule has 64 heavy (non-hydrogen) atoms. The number of hydrogen-bond donors (Lipinski definition) is 0. The van der Waals surface area contributed by atoms with Crippen LogP contribution >= 0.6 is 0 Å². The van der Waals surface area contributed by atoms with Gasteiger partial charge in [0.05, 0.1) is 0 Å². The Labute approximate surface area is 365 Å². The lowest BCUT2D eigenvalue weighted by Gasteiger charge is -2.26. The lowest BCUT2D eigenvalue weighted by atomic mass is 9.83. The number of nitrogens with zero attached hydrogens (tertiary/aromatic N) is 1. The fourth-order valence-electron chi connectivity index (χ4n) is 9.26. The second-order valence-electron chi connectivity index (χ2n) is 15.8. The van der Waals surface area contributed by atoms with Crippen LogP contribution in [0.2, 0.25) is 0 Å². The zero-order chi connectivity index (χ0) is 43.5. The number of para-hydroxylation sites is 1. The first kappa shape index (κ1) is 38.8. The molecular formula is C58H34F5N. The standard InChI is InChI=1S/C58H34F5N/c59-53-54(60)56(62)58(57(63)55(53)61)64(41-16-2-1-3-17-41)42-31-28-36(29-32-42)35-24-26-37(27-25-35)40-30-33-49-50(34-40)52(46-23-11-15-39-13-5-7-19-44(39)46)48-21-9-8-20-47(48)51(49)45-22-10-14-38-12-4-6-18-43(38)45/h1-34H. The van der Waals surface area contributed by atoms with Crippen molar-refractivity contribution in [2.24, 2.45) is 0 Å². The van der Waals surface area contributed by atoms with Crippen LogP contribution in [0.4, 0.5) is 39.0 Å². The SMILES string of the molecule is Fc1c(F)c(F)c(N(c2ccccc2)c2ccc(-c3ccc(-c4ccc5c(-c6cccc7ccccc67)c6ccccc6c(-c6cccc7ccccc67)c5c4)cc3)cc2)c(F)c1F. The predicted octanol–water partition coefficient (Wildman–Crippen LogP) is 17.1. The van der Waals surface area contributed by atoms with Gasteiger partial charge in [0.25, 0.3) is 0 Å². The van der Waals surface area contributed by atoms with Crippen molar-refractivity contribution >= 4 is 60.2 Å². The minimum absolute atomic E-state index is 0.211. The molecule has 0 bridgehead atoms. The summed E-state index contributed by atoms with van der Waals surface area (Å²) in [5.74, 6) is -10.1. The first-order chi connectivity index (χ1) is 31.4. The second kappa shape index (κ2) is 15.7. The van der Waals surface area contributed by atoms with Gasteiger partial charge in [-0.25, -0.2) is 22.0 Å². The minimum Gasteiger partial charge on any atom is -0.305 e. The summed E-state index contributed by atoms with van der Waals surface area (Å²) < 4.78 is 73.6. The summed E-state index contributed by atoms with van der Waals surface area (Å²) in [4.78, 5) is 1.03. The number of anilines is 3. The summed E-state index contributed by atoms with van der Waals surface area (Å²) in [6, 6.07) is 68.4. The molecule has 6 heteroatoms. The van der Waals surface area contributed by atoms with Gasteiger partial charge < -0.3 is 4.90 Å². The molecule has 0 saturated heterocycles. The van der Waals surface area contributed by atoms with E-state index in [0.717, 1.165) is 48.9 Å². The van der Waals surface area contributed by atoms with Crippen molar-refractivity contribution in [3.8, 4) is 44.5 Å². The van der Waals surface area contributed by atoms with Gasteiger partial charge in [-0.15, -0.1) is 0 Å². The molecule has 0 amide bonds. The number of hydrogen-bond acceptors (Lipinski definition) is 1. The number of halogens is 5. The molecule has 0 aliphatic carbocycles. The van der Waals surface area contributed by atoms with E-state index in [-0.39, 0.29) is 11.4 Å². The molecule has 0 atom stereocenters. The lowest BCUT2D eigenvalue weighted by molar-refractivity contribution is 0.380. The van der Waals surface area contributed by atoms with Gasteiger partial charge in [-0.1, -0.05) is 176 Å². The van der Waals surface area contributed by atoms with Crippen molar-refractivity contribution in [2.75, 3.05) is 4.90 Å². The van der Waals surface area contributed by atoms with Gasteiger partial charge in [0.1, 0.15) is 5.69 Å². The molecule has 0 heterocycles. The summed E-state index contributed by atoms with van der Waals surface area (Å²) in [5, 5.41) is 9.33. The summed E-state index contributed by atoms with van der Waals surface area (Å²) in [6.45, 7) is 0. The highest BCUT2D eigenvalue weighted by Gasteiger charge is 2.31. The Kier molecular flexibility index (Phi) is 9.50. The second-order valence-corrected chi connectivity index (χ2v) is 15.8. The van der Waals surface area contributed by atoms with E-state index < -0.39 is 34.8 Å². The summed E-state index contributed by atoms with van der Waals surface area (Å²) >= 11 is 0. The Morgan fingerprint density at radius 1 is 0.266 bits per heavy atom. The Balaban J connectivity index is 1.04. The summed E-state index contributed by atoms with van der Waals surface area (Å²) in [6.07, 6.45) is 0. The van der Waals surface area contributed by atoms with Crippen LogP contribution in [-0.4, -0.2) is 0 Å². The maximum Gasteiger partial charge on any atom is 0.200 e. The monoisotopic (exact) mass is 839 g/mol. The molecule has 0 aromatic heterocycles. The smallest absolute Gasteiger partial charge is 0.200 e. The molecule has 11 rings (SSSR count). The first-order valence-corrected chi connectivity index (χ1v) is 20.9. The zero-order valence-corrected chi connectivity index (χ0v) is 34.0. The molecule has 0 spiro atoms. The van der Waals surface area contributed by atoms with Crippen LogP contribution in [0.3, 0.4) is 0 Å². The predicted molar refractivity (Wildman–Crippen MR) is 253 cm³/mol. The molecule has 11 aromatic rings. The van der Waals surface area contributed by atoms with E-state index in [2.05, 4.69) is 140 Å². The van der Waals surface area contributed by atoms with Crippen molar-refractivity contribution in [3.63, 3.8) is 0 Å². The van der Waals surface area contributed by atoms with Gasteiger partial charge >= 0.3 is 0 Å². The van der Waals surface area contributed by atoms with Crippen molar-refractivity contribution in [3.05, 3.63) is 235 Å². The van der Waals surface area contributed by atoms with Gasteiger partial charge in [-0.2, -0.15) is 0 Å². The van der Waals surface area contributed by atoms with E-state index in [0.29, 0.717) is 0 Å². The number of fused-ring (bicyclic) bond motifs is 4. The number of rotatable bonds is 7. The highest BCUT2D eigenvalue weighted by atomic mass is 19.2. The Morgan fingerprint density at radius 3 is 1.19 bits per heavy atom. The molecule has 0 unspecified atom stereocenters. The largest absolute Gasteiger partial charge is 0.305 e. The van der Waals surface area contributed by atoms with Gasteiger partial charge in [-0.3, -0.25) is 0 Å². The fraction of sp³-hybridized carbons (Fsp3) is 0. The van der Waals surface area contributed by atoms with Crippen LogP contribution in [0.1, 0.15) is 0 Å². The summed E-state index contributed by atoms with van der Waals surface area (Å²) in [7, 11) is 0. The molecule has 0 aliphatic heterocycles. The average Bonchev–Trinajstić information content (AvgIpc) is 3.35. The molecule has 0 fully saturated rings.